The van der Waals surface area contributed by atoms with Gasteiger partial charge in [0.2, 0.25) is 0 Å². The van der Waals surface area contributed by atoms with Gasteiger partial charge in [0.25, 0.3) is 5.91 Å². The van der Waals surface area contributed by atoms with Crippen molar-refractivity contribution in [3.8, 4) is 0 Å². The van der Waals surface area contributed by atoms with Gasteiger partial charge in [-0.2, -0.15) is 0 Å². The minimum absolute atomic E-state index is 0.0901. The van der Waals surface area contributed by atoms with Crippen molar-refractivity contribution in [1.29, 1.82) is 0 Å². The number of quaternary nitrogens is 1. The molecule has 2 aromatic rings. The summed E-state index contributed by atoms with van der Waals surface area (Å²) < 4.78 is 0.949. The molecule has 0 aliphatic carbocycles. The van der Waals surface area contributed by atoms with Gasteiger partial charge in [-0.3, -0.25) is 4.79 Å². The minimum atomic E-state index is 0.0901. The standard InChI is InChI=1S/C26H35N2O/c1-21-12-11-13-22(2)25(21)27-17-16-24(26(27)29)28(18-9-4-3-5-10-19-28)20-23-14-7-6-8-15-23/h6-8,11-15,24H,3-5,9-10,16-20H2,1-2H3/q+1. The molecule has 0 radical (unpaired) electrons. The molecule has 2 aliphatic rings. The van der Waals surface area contributed by atoms with Gasteiger partial charge in [-0.15, -0.1) is 0 Å². The molecular formula is C26H35N2O+. The maximum Gasteiger partial charge on any atom is 0.285 e. The predicted octanol–water partition coefficient (Wildman–Crippen LogP) is 5.39. The molecule has 0 aromatic heterocycles. The number of anilines is 1. The third-order valence-electron chi connectivity index (χ3n) is 7.09. The number of rotatable bonds is 4. The van der Waals surface area contributed by atoms with Gasteiger partial charge in [0.15, 0.2) is 6.04 Å². The van der Waals surface area contributed by atoms with E-state index in [1.807, 2.05) is 0 Å². The van der Waals surface area contributed by atoms with Crippen LogP contribution in [0.3, 0.4) is 0 Å². The van der Waals surface area contributed by atoms with Gasteiger partial charge in [0.1, 0.15) is 6.54 Å². The molecule has 1 atom stereocenters. The highest BCUT2D eigenvalue weighted by Crippen LogP contribution is 2.35. The molecule has 2 aliphatic heterocycles. The Morgan fingerprint density at radius 1 is 0.862 bits per heavy atom. The van der Waals surface area contributed by atoms with Crippen molar-refractivity contribution in [3.63, 3.8) is 0 Å². The van der Waals surface area contributed by atoms with E-state index in [1.54, 1.807) is 0 Å². The van der Waals surface area contributed by atoms with E-state index in [2.05, 4.69) is 67.3 Å². The van der Waals surface area contributed by atoms with Gasteiger partial charge >= 0.3 is 0 Å². The quantitative estimate of drug-likeness (QED) is 0.640. The van der Waals surface area contributed by atoms with Crippen LogP contribution in [0.15, 0.2) is 48.5 Å². The Kier molecular flexibility index (Phi) is 6.05. The van der Waals surface area contributed by atoms with E-state index in [4.69, 9.17) is 0 Å². The van der Waals surface area contributed by atoms with E-state index < -0.39 is 0 Å². The summed E-state index contributed by atoms with van der Waals surface area (Å²) in [6.45, 7) is 8.36. The van der Waals surface area contributed by atoms with E-state index in [1.165, 1.54) is 48.8 Å². The van der Waals surface area contributed by atoms with Crippen molar-refractivity contribution in [2.75, 3.05) is 24.5 Å². The van der Waals surface area contributed by atoms with Crippen LogP contribution in [-0.2, 0) is 11.3 Å². The highest BCUT2D eigenvalue weighted by Gasteiger charge is 2.48. The van der Waals surface area contributed by atoms with E-state index in [9.17, 15) is 4.79 Å². The molecule has 2 aromatic carbocycles. The Morgan fingerprint density at radius 3 is 2.14 bits per heavy atom. The molecule has 29 heavy (non-hydrogen) atoms. The van der Waals surface area contributed by atoms with Gasteiger partial charge in [0.05, 0.1) is 13.1 Å². The fourth-order valence-electron chi connectivity index (χ4n) is 5.65. The molecule has 0 N–H and O–H groups in total. The fourth-order valence-corrected chi connectivity index (χ4v) is 5.65. The second-order valence-electron chi connectivity index (χ2n) is 9.11. The second kappa shape index (κ2) is 8.71. The lowest BCUT2D eigenvalue weighted by Crippen LogP contribution is -2.59. The number of para-hydroxylation sites is 1. The molecule has 1 unspecified atom stereocenters. The molecule has 3 nitrogen and oxygen atoms in total. The number of hydrogen-bond donors (Lipinski definition) is 0. The van der Waals surface area contributed by atoms with Crippen LogP contribution in [0, 0.1) is 13.8 Å². The summed E-state index contributed by atoms with van der Waals surface area (Å²) in [5.74, 6) is 0.346. The van der Waals surface area contributed by atoms with Crippen molar-refractivity contribution in [3.05, 3.63) is 65.2 Å². The van der Waals surface area contributed by atoms with Crippen LogP contribution in [0.5, 0.6) is 0 Å². The Labute approximate surface area is 175 Å². The zero-order valence-electron chi connectivity index (χ0n) is 18.1. The van der Waals surface area contributed by atoms with Crippen molar-refractivity contribution < 1.29 is 9.28 Å². The van der Waals surface area contributed by atoms with Crippen LogP contribution in [0.2, 0.25) is 0 Å². The van der Waals surface area contributed by atoms with Crippen molar-refractivity contribution in [1.82, 2.24) is 0 Å². The Morgan fingerprint density at radius 2 is 1.48 bits per heavy atom. The third kappa shape index (κ3) is 4.11. The van der Waals surface area contributed by atoms with Crippen LogP contribution < -0.4 is 4.90 Å². The molecule has 4 rings (SSSR count). The summed E-state index contributed by atoms with van der Waals surface area (Å²) in [7, 11) is 0. The van der Waals surface area contributed by atoms with E-state index >= 15 is 0 Å². The number of nitrogens with zero attached hydrogens (tertiary/aromatic N) is 2. The topological polar surface area (TPSA) is 20.3 Å². The third-order valence-corrected chi connectivity index (χ3v) is 7.09. The average molecular weight is 392 g/mol. The molecule has 0 bridgehead atoms. The first-order valence-electron chi connectivity index (χ1n) is 11.4. The zero-order chi connectivity index (χ0) is 20.3. The lowest BCUT2D eigenvalue weighted by Gasteiger charge is -2.44. The molecule has 3 heteroatoms. The number of aryl methyl sites for hydroxylation is 2. The van der Waals surface area contributed by atoms with E-state index in [-0.39, 0.29) is 6.04 Å². The molecule has 0 spiro atoms. The van der Waals surface area contributed by atoms with E-state index in [0.717, 1.165) is 42.8 Å². The first-order valence-corrected chi connectivity index (χ1v) is 11.4. The highest BCUT2D eigenvalue weighted by atomic mass is 16.2. The van der Waals surface area contributed by atoms with Gasteiger partial charge in [-0.05, 0) is 50.7 Å². The van der Waals surface area contributed by atoms with Gasteiger partial charge < -0.3 is 9.38 Å². The normalized spacial score (nSPS) is 22.3. The second-order valence-corrected chi connectivity index (χ2v) is 9.11. The molecule has 2 heterocycles. The molecule has 154 valence electrons. The number of carbonyl (C=O) groups excluding carboxylic acids is 1. The summed E-state index contributed by atoms with van der Waals surface area (Å²) in [6, 6.07) is 17.3. The molecule has 1 amide bonds. The maximum absolute atomic E-state index is 13.8. The Balaban J connectivity index is 1.66. The highest BCUT2D eigenvalue weighted by molar-refractivity contribution is 6.00. The minimum Gasteiger partial charge on any atom is -0.310 e. The lowest BCUT2D eigenvalue weighted by atomic mass is 10.00. The summed E-state index contributed by atoms with van der Waals surface area (Å²) in [5, 5.41) is 0. The SMILES string of the molecule is Cc1cccc(C)c1N1CCC([N+]2(Cc3ccccc3)CCCCCCC2)C1=O. The lowest BCUT2D eigenvalue weighted by molar-refractivity contribution is -0.955. The molecule has 2 saturated heterocycles. The summed E-state index contributed by atoms with van der Waals surface area (Å²) >= 11 is 0. The predicted molar refractivity (Wildman–Crippen MR) is 120 cm³/mol. The van der Waals surface area contributed by atoms with Crippen LogP contribution in [0.1, 0.15) is 55.2 Å². The van der Waals surface area contributed by atoms with Crippen LogP contribution in [0.4, 0.5) is 5.69 Å². The smallest absolute Gasteiger partial charge is 0.285 e. The summed E-state index contributed by atoms with van der Waals surface area (Å²) in [4.78, 5) is 15.9. The number of benzene rings is 2. The zero-order valence-corrected chi connectivity index (χ0v) is 18.1. The monoisotopic (exact) mass is 391 g/mol. The van der Waals surface area contributed by atoms with Gasteiger partial charge in [0, 0.05) is 24.2 Å². The molecular weight excluding hydrogens is 356 g/mol. The molecule has 0 saturated carbocycles. The molecule has 2 fully saturated rings. The summed E-state index contributed by atoms with van der Waals surface area (Å²) in [5.41, 5.74) is 4.93. The van der Waals surface area contributed by atoms with Gasteiger partial charge in [-0.25, -0.2) is 0 Å². The fraction of sp³-hybridized carbons (Fsp3) is 0.500. The van der Waals surface area contributed by atoms with Crippen LogP contribution in [-0.4, -0.2) is 36.1 Å². The van der Waals surface area contributed by atoms with Crippen molar-refractivity contribution >= 4 is 11.6 Å². The average Bonchev–Trinajstić information content (AvgIpc) is 3.07. The van der Waals surface area contributed by atoms with Crippen LogP contribution >= 0.6 is 0 Å². The number of hydrogen-bond acceptors (Lipinski definition) is 1. The van der Waals surface area contributed by atoms with Gasteiger partial charge in [-0.1, -0.05) is 55.0 Å². The number of likely N-dealkylation sites (tertiary alicyclic amines) is 1. The van der Waals surface area contributed by atoms with E-state index in [0.29, 0.717) is 5.91 Å². The Bertz CT molecular complexity index is 817. The van der Waals surface area contributed by atoms with Crippen LogP contribution in [0.25, 0.3) is 0 Å². The van der Waals surface area contributed by atoms with Crippen molar-refractivity contribution in [2.45, 2.75) is 65.0 Å². The number of amides is 1. The summed E-state index contributed by atoms with van der Waals surface area (Å²) in [6.07, 6.45) is 7.39. The maximum atomic E-state index is 13.8. The first-order chi connectivity index (χ1) is 14.1. The van der Waals surface area contributed by atoms with Crippen molar-refractivity contribution in [2.24, 2.45) is 0 Å². The first kappa shape index (κ1) is 20.2. The largest absolute Gasteiger partial charge is 0.310 e. The Hall–Kier alpha value is -2.13. The number of carbonyl (C=O) groups is 1.